The van der Waals surface area contributed by atoms with Crippen molar-refractivity contribution < 1.29 is 4.74 Å². The molecule has 0 aliphatic heterocycles. The Balaban J connectivity index is 0.000001000. The van der Waals surface area contributed by atoms with Crippen molar-refractivity contribution in [2.75, 3.05) is 7.11 Å². The van der Waals surface area contributed by atoms with Crippen molar-refractivity contribution in [2.24, 2.45) is 0 Å². The second-order valence-corrected chi connectivity index (χ2v) is 2.62. The summed E-state index contributed by atoms with van der Waals surface area (Å²) in [5.74, 6) is 0.645. The summed E-state index contributed by atoms with van der Waals surface area (Å²) in [4.78, 5) is 0. The van der Waals surface area contributed by atoms with E-state index in [0.29, 0.717) is 15.8 Å². The van der Waals surface area contributed by atoms with Gasteiger partial charge in [0.2, 0.25) is 0 Å². The third-order valence-corrected chi connectivity index (χ3v) is 1.64. The van der Waals surface area contributed by atoms with E-state index in [0.717, 1.165) is 0 Å². The van der Waals surface area contributed by atoms with E-state index < -0.39 is 0 Å². The van der Waals surface area contributed by atoms with E-state index in [1.165, 1.54) is 0 Å². The van der Waals surface area contributed by atoms with E-state index in [1.54, 1.807) is 25.3 Å². The molecule has 1 rings (SSSR count). The monoisotopic (exact) mass is 193 g/mol. The summed E-state index contributed by atoms with van der Waals surface area (Å²) < 4.78 is 4.91. The van der Waals surface area contributed by atoms with Crippen LogP contribution in [0, 0.1) is 0 Å². The van der Waals surface area contributed by atoms with Gasteiger partial charge in [0.1, 0.15) is 5.75 Å². The molecule has 0 aliphatic carbocycles. The molecular formula is C7H9Cl2NO. The molecule has 4 heteroatoms. The molecule has 0 saturated heterocycles. The molecule has 0 amide bonds. The lowest BCUT2D eigenvalue weighted by molar-refractivity contribution is 0.415. The van der Waals surface area contributed by atoms with Crippen molar-refractivity contribution in [3.05, 3.63) is 28.2 Å². The SMILES string of the molecule is COc1ccc(Cl)cc1Cl.N. The van der Waals surface area contributed by atoms with Gasteiger partial charge < -0.3 is 10.9 Å². The zero-order valence-electron chi connectivity index (χ0n) is 6.10. The lowest BCUT2D eigenvalue weighted by Gasteiger charge is -2.00. The number of ether oxygens (including phenoxy) is 1. The Hall–Kier alpha value is -0.440. The van der Waals surface area contributed by atoms with Gasteiger partial charge in [0.15, 0.2) is 0 Å². The Kier molecular flexibility index (Phi) is 4.26. The summed E-state index contributed by atoms with van der Waals surface area (Å²) >= 11 is 11.4. The Bertz CT molecular complexity index is 240. The average Bonchev–Trinajstić information content (AvgIpc) is 1.88. The van der Waals surface area contributed by atoms with Gasteiger partial charge in [-0.3, -0.25) is 0 Å². The maximum Gasteiger partial charge on any atom is 0.137 e. The Morgan fingerprint density at radius 1 is 1.27 bits per heavy atom. The number of hydrogen-bond acceptors (Lipinski definition) is 2. The number of hydrogen-bond donors (Lipinski definition) is 1. The highest BCUT2D eigenvalue weighted by Gasteiger charge is 1.98. The molecule has 1 aromatic carbocycles. The van der Waals surface area contributed by atoms with Gasteiger partial charge in [0.05, 0.1) is 12.1 Å². The zero-order valence-corrected chi connectivity index (χ0v) is 7.62. The second kappa shape index (κ2) is 4.44. The first kappa shape index (κ1) is 10.6. The molecule has 0 atom stereocenters. The van der Waals surface area contributed by atoms with Gasteiger partial charge in [-0.2, -0.15) is 0 Å². The molecule has 0 fully saturated rings. The van der Waals surface area contributed by atoms with Crippen LogP contribution in [0.2, 0.25) is 10.0 Å². The highest BCUT2D eigenvalue weighted by atomic mass is 35.5. The van der Waals surface area contributed by atoms with E-state index >= 15 is 0 Å². The predicted octanol–water partition coefficient (Wildman–Crippen LogP) is 3.16. The molecule has 0 radical (unpaired) electrons. The fourth-order valence-corrected chi connectivity index (χ4v) is 1.13. The third-order valence-electron chi connectivity index (χ3n) is 1.11. The molecule has 3 N–H and O–H groups in total. The van der Waals surface area contributed by atoms with Crippen molar-refractivity contribution >= 4 is 23.2 Å². The summed E-state index contributed by atoms with van der Waals surface area (Å²) in [6.45, 7) is 0. The molecule has 0 aromatic heterocycles. The maximum absolute atomic E-state index is 5.72. The number of rotatable bonds is 1. The van der Waals surface area contributed by atoms with Crippen molar-refractivity contribution in [2.45, 2.75) is 0 Å². The molecule has 11 heavy (non-hydrogen) atoms. The summed E-state index contributed by atoms with van der Waals surface area (Å²) in [6.07, 6.45) is 0. The van der Waals surface area contributed by atoms with Crippen molar-refractivity contribution in [1.29, 1.82) is 0 Å². The first-order valence-corrected chi connectivity index (χ1v) is 3.48. The summed E-state index contributed by atoms with van der Waals surface area (Å²) in [7, 11) is 1.56. The molecule has 0 unspecified atom stereocenters. The van der Waals surface area contributed by atoms with Gasteiger partial charge in [-0.15, -0.1) is 0 Å². The van der Waals surface area contributed by atoms with Crippen LogP contribution < -0.4 is 10.9 Å². The van der Waals surface area contributed by atoms with Crippen LogP contribution in [0.3, 0.4) is 0 Å². The lowest BCUT2D eigenvalue weighted by atomic mass is 10.3. The summed E-state index contributed by atoms with van der Waals surface area (Å²) in [6, 6.07) is 5.10. The predicted molar refractivity (Wildman–Crippen MR) is 48.0 cm³/mol. The second-order valence-electron chi connectivity index (χ2n) is 1.78. The molecule has 62 valence electrons. The van der Waals surface area contributed by atoms with Crippen LogP contribution >= 0.6 is 23.2 Å². The Morgan fingerprint density at radius 2 is 1.91 bits per heavy atom. The topological polar surface area (TPSA) is 44.2 Å². The zero-order chi connectivity index (χ0) is 7.56. The van der Waals surface area contributed by atoms with Gasteiger partial charge in [-0.05, 0) is 18.2 Å². The van der Waals surface area contributed by atoms with E-state index in [2.05, 4.69) is 0 Å². The van der Waals surface area contributed by atoms with Gasteiger partial charge in [-0.1, -0.05) is 23.2 Å². The Morgan fingerprint density at radius 3 is 2.36 bits per heavy atom. The van der Waals surface area contributed by atoms with Crippen molar-refractivity contribution in [3.8, 4) is 5.75 Å². The smallest absolute Gasteiger partial charge is 0.137 e. The quantitative estimate of drug-likeness (QED) is 0.745. The molecule has 0 heterocycles. The van der Waals surface area contributed by atoms with Crippen LogP contribution in [0.25, 0.3) is 0 Å². The summed E-state index contributed by atoms with van der Waals surface area (Å²) in [5.41, 5.74) is 0. The van der Waals surface area contributed by atoms with Crippen LogP contribution in [0.1, 0.15) is 0 Å². The van der Waals surface area contributed by atoms with Crippen LogP contribution in [0.4, 0.5) is 0 Å². The van der Waals surface area contributed by atoms with Crippen LogP contribution in [-0.2, 0) is 0 Å². The van der Waals surface area contributed by atoms with Crippen molar-refractivity contribution in [3.63, 3.8) is 0 Å². The highest BCUT2D eigenvalue weighted by molar-refractivity contribution is 6.35. The minimum Gasteiger partial charge on any atom is -0.495 e. The largest absolute Gasteiger partial charge is 0.495 e. The van der Waals surface area contributed by atoms with E-state index in [-0.39, 0.29) is 6.15 Å². The first-order valence-electron chi connectivity index (χ1n) is 2.73. The molecule has 0 spiro atoms. The molecular weight excluding hydrogens is 185 g/mol. The summed E-state index contributed by atoms with van der Waals surface area (Å²) in [5, 5.41) is 1.15. The highest BCUT2D eigenvalue weighted by Crippen LogP contribution is 2.26. The molecule has 0 saturated carbocycles. The van der Waals surface area contributed by atoms with Gasteiger partial charge in [0, 0.05) is 5.02 Å². The first-order chi connectivity index (χ1) is 4.74. The number of methoxy groups -OCH3 is 1. The molecule has 1 aromatic rings. The fourth-order valence-electron chi connectivity index (χ4n) is 0.641. The number of benzene rings is 1. The normalized spacial score (nSPS) is 8.64. The van der Waals surface area contributed by atoms with Gasteiger partial charge in [-0.25, -0.2) is 0 Å². The standard InChI is InChI=1S/C7H6Cl2O.H3N/c1-10-7-3-2-5(8)4-6(7)9;/h2-4H,1H3;1H3. The average molecular weight is 194 g/mol. The minimum absolute atomic E-state index is 0. The van der Waals surface area contributed by atoms with Crippen molar-refractivity contribution in [1.82, 2.24) is 6.15 Å². The van der Waals surface area contributed by atoms with E-state index in [4.69, 9.17) is 27.9 Å². The van der Waals surface area contributed by atoms with Gasteiger partial charge in [0.25, 0.3) is 0 Å². The van der Waals surface area contributed by atoms with Crippen LogP contribution in [0.5, 0.6) is 5.75 Å². The lowest BCUT2D eigenvalue weighted by Crippen LogP contribution is -1.82. The minimum atomic E-state index is 0. The molecule has 0 aliphatic rings. The van der Waals surface area contributed by atoms with Crippen LogP contribution in [0.15, 0.2) is 18.2 Å². The maximum atomic E-state index is 5.72. The van der Waals surface area contributed by atoms with E-state index in [9.17, 15) is 0 Å². The molecule has 0 bridgehead atoms. The Labute approximate surface area is 75.7 Å². The molecule has 2 nitrogen and oxygen atoms in total. The number of halogens is 2. The third kappa shape index (κ3) is 2.58. The van der Waals surface area contributed by atoms with E-state index in [1.807, 2.05) is 0 Å². The van der Waals surface area contributed by atoms with Gasteiger partial charge >= 0.3 is 0 Å². The van der Waals surface area contributed by atoms with Crippen LogP contribution in [-0.4, -0.2) is 7.11 Å². The fraction of sp³-hybridized carbons (Fsp3) is 0.143.